The molecule has 184 valence electrons. The summed E-state index contributed by atoms with van der Waals surface area (Å²) < 4.78 is 6.95. The van der Waals surface area contributed by atoms with E-state index in [2.05, 4.69) is 30.6 Å². The lowest BCUT2D eigenvalue weighted by Gasteiger charge is -2.17. The fourth-order valence-electron chi connectivity index (χ4n) is 4.55. The van der Waals surface area contributed by atoms with Crippen molar-refractivity contribution < 1.29 is 14.3 Å². The molecular formula is C24H22ClN7O3S. The molecule has 2 N–H and O–H groups in total. The average molecular weight is 524 g/mol. The first-order valence-electron chi connectivity index (χ1n) is 11.6. The summed E-state index contributed by atoms with van der Waals surface area (Å²) in [5, 5.41) is 7.28. The molecule has 2 amide bonds. The number of halogens is 1. The molecule has 0 aliphatic carbocycles. The zero-order chi connectivity index (χ0) is 25.0. The minimum Gasteiger partial charge on any atom is -0.418 e. The third-order valence-electron chi connectivity index (χ3n) is 6.43. The van der Waals surface area contributed by atoms with Gasteiger partial charge < -0.3 is 20.3 Å². The van der Waals surface area contributed by atoms with Crippen molar-refractivity contribution in [1.82, 2.24) is 30.2 Å². The largest absolute Gasteiger partial charge is 0.418 e. The Kier molecular flexibility index (Phi) is 5.60. The van der Waals surface area contributed by atoms with Gasteiger partial charge in [0.2, 0.25) is 23.0 Å². The van der Waals surface area contributed by atoms with Gasteiger partial charge in [0.05, 0.1) is 35.0 Å². The molecule has 0 bridgehead atoms. The molecule has 1 unspecified atom stereocenters. The molecule has 2 aliphatic rings. The molecule has 0 radical (unpaired) electrons. The average Bonchev–Trinajstić information content (AvgIpc) is 3.35. The molecule has 0 spiro atoms. The van der Waals surface area contributed by atoms with Gasteiger partial charge in [0.1, 0.15) is 4.88 Å². The summed E-state index contributed by atoms with van der Waals surface area (Å²) in [5.74, 6) is 0.468. The van der Waals surface area contributed by atoms with Gasteiger partial charge in [0.25, 0.3) is 5.91 Å². The fourth-order valence-corrected chi connectivity index (χ4v) is 5.76. The van der Waals surface area contributed by atoms with Crippen molar-refractivity contribution >= 4 is 61.6 Å². The Morgan fingerprint density at radius 3 is 2.86 bits per heavy atom. The number of hydrogen-bond donors (Lipinski definition) is 2. The number of amides is 2. The minimum atomic E-state index is -0.0937. The van der Waals surface area contributed by atoms with Crippen molar-refractivity contribution in [3.8, 4) is 11.8 Å². The molecule has 2 aliphatic heterocycles. The van der Waals surface area contributed by atoms with Crippen molar-refractivity contribution in [2.75, 3.05) is 18.4 Å². The smallest absolute Gasteiger partial charge is 0.263 e. The summed E-state index contributed by atoms with van der Waals surface area (Å²) in [6, 6.07) is 3.80. The van der Waals surface area contributed by atoms with Crippen LogP contribution < -0.4 is 15.4 Å². The summed E-state index contributed by atoms with van der Waals surface area (Å²) in [6.45, 7) is 5.49. The number of carbonyl (C=O) groups excluding carboxylic acids is 2. The number of likely N-dealkylation sites (tertiary alicyclic amines) is 1. The van der Waals surface area contributed by atoms with E-state index in [1.54, 1.807) is 11.1 Å². The molecule has 2 atom stereocenters. The van der Waals surface area contributed by atoms with Gasteiger partial charge in [-0.3, -0.25) is 9.59 Å². The number of nitrogens with zero attached hydrogens (tertiary/aromatic N) is 5. The van der Waals surface area contributed by atoms with E-state index in [1.165, 1.54) is 17.5 Å². The summed E-state index contributed by atoms with van der Waals surface area (Å²) in [6.07, 6.45) is 3.90. The summed E-state index contributed by atoms with van der Waals surface area (Å²) in [4.78, 5) is 45.0. The molecule has 12 heteroatoms. The third kappa shape index (κ3) is 3.97. The van der Waals surface area contributed by atoms with Crippen LogP contribution in [0.4, 0.5) is 5.69 Å². The number of anilines is 1. The highest BCUT2D eigenvalue weighted by atomic mass is 35.5. The van der Waals surface area contributed by atoms with Crippen LogP contribution in [0.25, 0.3) is 21.1 Å². The van der Waals surface area contributed by atoms with Gasteiger partial charge in [0.15, 0.2) is 0 Å². The number of fused-ring (bicyclic) bond motifs is 5. The van der Waals surface area contributed by atoms with Crippen LogP contribution in [0, 0.1) is 5.92 Å². The van der Waals surface area contributed by atoms with E-state index < -0.39 is 0 Å². The molecule has 1 fully saturated rings. The standard InChI is InChI=1S/C24H22ClN7O3S/c1-11-5-6-32(23(11)34)10-13-8-28-24(25)31-22(13)35-16-9-27-18-14(30-16)3-4-15-17(18)19-20(36-15)21(33)29-12(2)7-26-19/h3-4,8-9,11-12,26H,5-7,10H2,1-2H3,(H,29,33)/t11?,12-/m1/s1. The molecule has 4 aromatic rings. The van der Waals surface area contributed by atoms with Gasteiger partial charge in [-0.2, -0.15) is 4.98 Å². The topological polar surface area (TPSA) is 122 Å². The van der Waals surface area contributed by atoms with Crippen molar-refractivity contribution in [2.45, 2.75) is 32.9 Å². The third-order valence-corrected chi connectivity index (χ3v) is 7.77. The van der Waals surface area contributed by atoms with Crippen molar-refractivity contribution in [3.05, 3.63) is 40.3 Å². The molecule has 36 heavy (non-hydrogen) atoms. The molecule has 6 rings (SSSR count). The van der Waals surface area contributed by atoms with E-state index in [4.69, 9.17) is 16.3 Å². The number of aromatic nitrogens is 4. The number of hydrogen-bond acceptors (Lipinski definition) is 9. The first kappa shape index (κ1) is 22.9. The zero-order valence-corrected chi connectivity index (χ0v) is 21.1. The van der Waals surface area contributed by atoms with Crippen LogP contribution in [0.2, 0.25) is 5.28 Å². The predicted molar refractivity (Wildman–Crippen MR) is 137 cm³/mol. The van der Waals surface area contributed by atoms with Crippen molar-refractivity contribution in [3.63, 3.8) is 0 Å². The molecule has 1 aromatic carbocycles. The van der Waals surface area contributed by atoms with Gasteiger partial charge in [-0.25, -0.2) is 15.0 Å². The Bertz CT molecular complexity index is 1540. The maximum absolute atomic E-state index is 12.7. The van der Waals surface area contributed by atoms with E-state index in [-0.39, 0.29) is 40.8 Å². The number of ether oxygens (including phenoxy) is 1. The molecule has 3 aromatic heterocycles. The highest BCUT2D eigenvalue weighted by Crippen LogP contribution is 2.40. The number of rotatable bonds is 4. The number of benzene rings is 1. The van der Waals surface area contributed by atoms with Crippen molar-refractivity contribution in [1.29, 1.82) is 0 Å². The molecule has 10 nitrogen and oxygen atoms in total. The first-order chi connectivity index (χ1) is 17.4. The summed E-state index contributed by atoms with van der Waals surface area (Å²) in [7, 11) is 0. The van der Waals surface area contributed by atoms with E-state index >= 15 is 0 Å². The summed E-state index contributed by atoms with van der Waals surface area (Å²) >= 11 is 7.47. The number of nitrogens with one attached hydrogen (secondary N) is 2. The monoisotopic (exact) mass is 523 g/mol. The SMILES string of the molecule is CC1CCN(Cc2cnc(Cl)nc2Oc2cnc3c(ccc4sc5c(c43)NC[C@@H](C)NC5=O)n2)C1=O. The molecule has 1 saturated heterocycles. The maximum atomic E-state index is 12.7. The lowest BCUT2D eigenvalue weighted by molar-refractivity contribution is -0.131. The normalized spacial score (nSPS) is 19.8. The van der Waals surface area contributed by atoms with Crippen LogP contribution in [-0.2, 0) is 11.3 Å². The van der Waals surface area contributed by atoms with Gasteiger partial charge in [-0.15, -0.1) is 11.3 Å². The lowest BCUT2D eigenvalue weighted by Crippen LogP contribution is -2.34. The van der Waals surface area contributed by atoms with Crippen LogP contribution in [0.15, 0.2) is 24.5 Å². The Balaban J connectivity index is 1.35. The van der Waals surface area contributed by atoms with Crippen LogP contribution in [-0.4, -0.2) is 55.8 Å². The van der Waals surface area contributed by atoms with Gasteiger partial charge in [-0.05, 0) is 37.1 Å². The number of thiophene rings is 1. The number of carbonyl (C=O) groups is 2. The quantitative estimate of drug-likeness (QED) is 0.385. The van der Waals surface area contributed by atoms with Gasteiger partial charge >= 0.3 is 0 Å². The molecule has 5 heterocycles. The predicted octanol–water partition coefficient (Wildman–Crippen LogP) is 3.99. The Morgan fingerprint density at radius 2 is 2.06 bits per heavy atom. The lowest BCUT2D eigenvalue weighted by atomic mass is 10.1. The van der Waals surface area contributed by atoms with Crippen LogP contribution in [0.3, 0.4) is 0 Å². The fraction of sp³-hybridized carbons (Fsp3) is 0.333. The Hall–Kier alpha value is -3.57. The van der Waals surface area contributed by atoms with Crippen LogP contribution >= 0.6 is 22.9 Å². The van der Waals surface area contributed by atoms with Crippen LogP contribution in [0.1, 0.15) is 35.5 Å². The Morgan fingerprint density at radius 1 is 1.19 bits per heavy atom. The second-order valence-electron chi connectivity index (χ2n) is 9.10. The van der Waals surface area contributed by atoms with Gasteiger partial charge in [-0.1, -0.05) is 6.92 Å². The molecule has 0 saturated carbocycles. The van der Waals surface area contributed by atoms with Gasteiger partial charge in [0, 0.05) is 41.3 Å². The van der Waals surface area contributed by atoms with Crippen molar-refractivity contribution in [2.24, 2.45) is 5.92 Å². The van der Waals surface area contributed by atoms with E-state index in [0.717, 1.165) is 22.2 Å². The highest BCUT2D eigenvalue weighted by Gasteiger charge is 2.29. The Labute approximate surface area is 215 Å². The highest BCUT2D eigenvalue weighted by molar-refractivity contribution is 7.21. The van der Waals surface area contributed by atoms with E-state index in [1.807, 2.05) is 26.0 Å². The second-order valence-corrected chi connectivity index (χ2v) is 10.5. The first-order valence-corrected chi connectivity index (χ1v) is 12.8. The second kappa shape index (κ2) is 8.82. The van der Waals surface area contributed by atoms with Crippen LogP contribution in [0.5, 0.6) is 11.8 Å². The van der Waals surface area contributed by atoms with E-state index in [0.29, 0.717) is 41.1 Å². The van der Waals surface area contributed by atoms with E-state index in [9.17, 15) is 9.59 Å². The molecular weight excluding hydrogens is 502 g/mol. The summed E-state index contributed by atoms with van der Waals surface area (Å²) in [5.41, 5.74) is 2.70. The maximum Gasteiger partial charge on any atom is 0.263 e. The zero-order valence-electron chi connectivity index (χ0n) is 19.5. The minimum absolute atomic E-state index is 0.00158.